The van der Waals surface area contributed by atoms with E-state index in [1.54, 1.807) is 0 Å². The fraction of sp³-hybridized carbons (Fsp3) is 1.00. The molecular formula is C24H72Cu4N4Si8. The van der Waals surface area contributed by atoms with Crippen LogP contribution in [-0.2, 0) is 68.3 Å². The summed E-state index contributed by atoms with van der Waals surface area (Å²) in [6.45, 7) is 55.1. The summed E-state index contributed by atoms with van der Waals surface area (Å²) in [5.41, 5.74) is 0. The fourth-order valence-electron chi connectivity index (χ4n) is 4.02. The quantitative estimate of drug-likeness (QED) is 0.218. The summed E-state index contributed by atoms with van der Waals surface area (Å²) in [4.78, 5) is 0. The van der Waals surface area contributed by atoms with Gasteiger partial charge in [0, 0.05) is 0 Å². The Bertz CT molecular complexity index is 428. The smallest absolute Gasteiger partial charge is 0.668 e. The third-order valence-electron chi connectivity index (χ3n) is 2.68. The molecule has 264 valence electrons. The normalized spacial score (nSPS) is 12.6. The van der Waals surface area contributed by atoms with E-state index in [2.05, 4.69) is 157 Å². The first-order chi connectivity index (χ1) is 14.8. The van der Waals surface area contributed by atoms with Crippen molar-refractivity contribution >= 4 is 65.9 Å². The summed E-state index contributed by atoms with van der Waals surface area (Å²) in [6.07, 6.45) is 0. The van der Waals surface area contributed by atoms with Crippen LogP contribution in [0.2, 0.25) is 157 Å². The first-order valence-electron chi connectivity index (χ1n) is 13.8. The molecule has 0 aliphatic rings. The second kappa shape index (κ2) is 23.9. The van der Waals surface area contributed by atoms with Crippen LogP contribution >= 0.6 is 0 Å². The Labute approximate surface area is 306 Å². The van der Waals surface area contributed by atoms with Crippen molar-refractivity contribution in [1.82, 2.24) is 0 Å². The second-order valence-corrected chi connectivity index (χ2v) is 56.1. The Morgan fingerprint density at radius 2 is 0.225 bits per heavy atom. The Morgan fingerprint density at radius 1 is 0.175 bits per heavy atom. The molecule has 0 saturated carbocycles. The summed E-state index contributed by atoms with van der Waals surface area (Å²) in [6, 6.07) is 0. The van der Waals surface area contributed by atoms with E-state index in [-0.39, 0.29) is 68.3 Å². The molecule has 0 atom stereocenters. The number of hydrogen-bond donors (Lipinski definition) is 0. The van der Waals surface area contributed by atoms with E-state index in [0.717, 1.165) is 0 Å². The zero-order chi connectivity index (χ0) is 30.8. The molecule has 0 unspecified atom stereocenters. The van der Waals surface area contributed by atoms with E-state index in [1.807, 2.05) is 0 Å². The van der Waals surface area contributed by atoms with Gasteiger partial charge in [0.1, 0.15) is 0 Å². The van der Waals surface area contributed by atoms with E-state index in [0.29, 0.717) is 0 Å². The molecule has 40 heavy (non-hydrogen) atoms. The minimum atomic E-state index is -1.11. The number of rotatable bonds is 8. The molecule has 0 N–H and O–H groups in total. The molecule has 0 aromatic heterocycles. The topological polar surface area (TPSA) is 56.4 Å². The van der Waals surface area contributed by atoms with Crippen LogP contribution in [0, 0.1) is 0 Å². The average Bonchev–Trinajstić information content (AvgIpc) is 2.19. The van der Waals surface area contributed by atoms with Gasteiger partial charge in [-0.1, -0.05) is 223 Å². The molecule has 0 rings (SSSR count). The van der Waals surface area contributed by atoms with Gasteiger partial charge in [0.05, 0.1) is 0 Å². The third-order valence-corrected chi connectivity index (χ3v) is 24.1. The molecule has 0 bridgehead atoms. The summed E-state index contributed by atoms with van der Waals surface area (Å²) in [5, 5.41) is 0. The number of hydrogen-bond acceptors (Lipinski definition) is 0. The van der Waals surface area contributed by atoms with Crippen LogP contribution in [0.1, 0.15) is 0 Å². The standard InChI is InChI=1S/4C6H18NSi2.4Cu/c4*1-8(2,3)7-9(4,5)6;;;;/h4*1-6H3;;;;/q4*-1;4*+1. The van der Waals surface area contributed by atoms with Crippen LogP contribution in [0.15, 0.2) is 0 Å². The van der Waals surface area contributed by atoms with Gasteiger partial charge in [0.25, 0.3) is 0 Å². The molecule has 4 nitrogen and oxygen atoms in total. The molecular weight excluding hydrogens is 823 g/mol. The molecule has 16 heteroatoms. The maximum Gasteiger partial charge on any atom is 1.00 e. The largest absolute Gasteiger partial charge is 1.00 e. The van der Waals surface area contributed by atoms with Crippen LogP contribution in [0.25, 0.3) is 18.6 Å². The summed E-state index contributed by atoms with van der Waals surface area (Å²) in [7, 11) is -8.85. The van der Waals surface area contributed by atoms with Gasteiger partial charge in [0.2, 0.25) is 0 Å². The molecule has 0 aromatic rings. The maximum atomic E-state index is 4.82. The van der Waals surface area contributed by atoms with Crippen LogP contribution < -0.4 is 0 Å². The summed E-state index contributed by atoms with van der Waals surface area (Å²) >= 11 is 0. The monoisotopic (exact) mass is 892 g/mol. The first-order valence-corrected chi connectivity index (χ1v) is 41.4. The second-order valence-electron chi connectivity index (χ2n) is 17.8. The van der Waals surface area contributed by atoms with Gasteiger partial charge in [-0.25, -0.2) is 0 Å². The minimum absolute atomic E-state index is 0. The molecule has 0 aromatic carbocycles. The predicted molar refractivity (Wildman–Crippen MR) is 200 cm³/mol. The van der Waals surface area contributed by atoms with Crippen molar-refractivity contribution in [3.8, 4) is 0 Å². The van der Waals surface area contributed by atoms with Crippen LogP contribution in [0.3, 0.4) is 0 Å². The molecule has 0 radical (unpaired) electrons. The van der Waals surface area contributed by atoms with E-state index in [4.69, 9.17) is 18.6 Å². The van der Waals surface area contributed by atoms with E-state index in [9.17, 15) is 0 Å². The molecule has 0 aliphatic carbocycles. The molecule has 0 saturated heterocycles. The molecule has 0 amide bonds. The summed E-state index contributed by atoms with van der Waals surface area (Å²) < 4.78 is 19.3. The van der Waals surface area contributed by atoms with Crippen molar-refractivity contribution < 1.29 is 68.3 Å². The Kier molecular flexibility index (Phi) is 37.3. The third kappa shape index (κ3) is 90.0. The van der Waals surface area contributed by atoms with Gasteiger partial charge in [-0.3, -0.25) is 0 Å². The van der Waals surface area contributed by atoms with Gasteiger partial charge in [-0.05, 0) is 0 Å². The van der Waals surface area contributed by atoms with Gasteiger partial charge >= 0.3 is 68.3 Å². The van der Waals surface area contributed by atoms with Crippen molar-refractivity contribution in [3.05, 3.63) is 18.6 Å². The average molecular weight is 896 g/mol. The molecule has 0 aliphatic heterocycles. The van der Waals surface area contributed by atoms with Crippen molar-refractivity contribution in [1.29, 1.82) is 0 Å². The maximum absolute atomic E-state index is 4.82. The minimum Gasteiger partial charge on any atom is -0.668 e. The Hall–Kier alpha value is 3.65. The van der Waals surface area contributed by atoms with Crippen molar-refractivity contribution in [2.45, 2.75) is 157 Å². The van der Waals surface area contributed by atoms with Gasteiger partial charge in [0.15, 0.2) is 0 Å². The fourth-order valence-corrected chi connectivity index (χ4v) is 36.2. The zero-order valence-corrected chi connectivity index (χ0v) is 42.8. The molecule has 0 heterocycles. The van der Waals surface area contributed by atoms with Crippen LogP contribution in [0.5, 0.6) is 0 Å². The van der Waals surface area contributed by atoms with Gasteiger partial charge in [-0.2, -0.15) is 0 Å². The SMILES string of the molecule is C[Si](C)(C)[N-][Si](C)(C)C.C[Si](C)(C)[N-][Si](C)(C)C.C[Si](C)(C)[N-][Si](C)(C)C.C[Si](C)(C)[N-][Si](C)(C)C.[Cu+].[Cu+].[Cu+].[Cu+]. The first kappa shape index (κ1) is 62.5. The van der Waals surface area contributed by atoms with Crippen molar-refractivity contribution in [2.75, 3.05) is 0 Å². The van der Waals surface area contributed by atoms with E-state index in [1.165, 1.54) is 0 Å². The van der Waals surface area contributed by atoms with Gasteiger partial charge < -0.3 is 18.6 Å². The van der Waals surface area contributed by atoms with Crippen molar-refractivity contribution in [3.63, 3.8) is 0 Å². The number of nitrogens with zero attached hydrogens (tertiary/aromatic N) is 4. The molecule has 0 spiro atoms. The Morgan fingerprint density at radius 3 is 0.225 bits per heavy atom. The van der Waals surface area contributed by atoms with E-state index >= 15 is 0 Å². The molecule has 0 fully saturated rings. The van der Waals surface area contributed by atoms with Crippen LogP contribution in [-0.4, -0.2) is 65.9 Å². The van der Waals surface area contributed by atoms with Crippen LogP contribution in [0.4, 0.5) is 0 Å². The summed E-state index contributed by atoms with van der Waals surface area (Å²) in [5.74, 6) is 0. The predicted octanol–water partition coefficient (Wildman–Crippen LogP) is 12.1. The van der Waals surface area contributed by atoms with Gasteiger partial charge in [-0.15, -0.1) is 0 Å². The van der Waals surface area contributed by atoms with E-state index < -0.39 is 65.9 Å². The van der Waals surface area contributed by atoms with Crippen molar-refractivity contribution in [2.24, 2.45) is 0 Å². The zero-order valence-electron chi connectivity index (χ0n) is 31.0. The Balaban J connectivity index is -0.0000000551.